The van der Waals surface area contributed by atoms with Crippen LogP contribution in [0.25, 0.3) is 0 Å². The van der Waals surface area contributed by atoms with Gasteiger partial charge < -0.3 is 9.88 Å². The van der Waals surface area contributed by atoms with Gasteiger partial charge in [-0.25, -0.2) is 4.98 Å². The van der Waals surface area contributed by atoms with E-state index in [1.165, 1.54) is 29.9 Å². The highest BCUT2D eigenvalue weighted by atomic mass is 15.1. The molecule has 0 aromatic carbocycles. The lowest BCUT2D eigenvalue weighted by Gasteiger charge is -2.24. The predicted octanol–water partition coefficient (Wildman–Crippen LogP) is 2.88. The Bertz CT molecular complexity index is 632. The number of rotatable bonds is 4. The van der Waals surface area contributed by atoms with Gasteiger partial charge in [0.1, 0.15) is 5.82 Å². The summed E-state index contributed by atoms with van der Waals surface area (Å²) in [6.45, 7) is 11.7. The molecule has 0 bridgehead atoms. The highest BCUT2D eigenvalue weighted by Crippen LogP contribution is 2.27. The van der Waals surface area contributed by atoms with Crippen LogP contribution in [0.15, 0.2) is 12.4 Å². The SMILES string of the molecule is Cc1cn2c(n1)[C@H](CNCc1cn[nH]c1C(C)(C)C)CCC2. The normalized spacial score (nSPS) is 18.5. The fourth-order valence-electron chi connectivity index (χ4n) is 3.38. The Hall–Kier alpha value is -1.62. The molecule has 0 fully saturated rings. The van der Waals surface area contributed by atoms with Gasteiger partial charge in [-0.05, 0) is 19.8 Å². The second kappa shape index (κ2) is 5.88. The first-order valence-corrected chi connectivity index (χ1v) is 8.22. The molecular formula is C17H27N5. The molecule has 2 N–H and O–H groups in total. The molecule has 0 aliphatic carbocycles. The van der Waals surface area contributed by atoms with Crippen molar-refractivity contribution in [2.45, 2.75) is 65.0 Å². The number of H-pyrrole nitrogens is 1. The number of imidazole rings is 1. The summed E-state index contributed by atoms with van der Waals surface area (Å²) >= 11 is 0. The molecule has 0 amide bonds. The fraction of sp³-hybridized carbons (Fsp3) is 0.647. The molecule has 5 nitrogen and oxygen atoms in total. The summed E-state index contributed by atoms with van der Waals surface area (Å²) in [5.41, 5.74) is 3.72. The van der Waals surface area contributed by atoms with Crippen LogP contribution in [-0.2, 0) is 18.5 Å². The van der Waals surface area contributed by atoms with Crippen LogP contribution < -0.4 is 5.32 Å². The average molecular weight is 301 g/mol. The maximum Gasteiger partial charge on any atom is 0.113 e. The summed E-state index contributed by atoms with van der Waals surface area (Å²) in [5, 5.41) is 11.0. The van der Waals surface area contributed by atoms with Crippen molar-refractivity contribution >= 4 is 0 Å². The van der Waals surface area contributed by atoms with Crippen molar-refractivity contribution in [2.24, 2.45) is 0 Å². The molecule has 2 aromatic heterocycles. The summed E-state index contributed by atoms with van der Waals surface area (Å²) in [5.74, 6) is 1.77. The highest BCUT2D eigenvalue weighted by molar-refractivity contribution is 5.23. The number of aromatic amines is 1. The minimum atomic E-state index is 0.103. The molecule has 3 heterocycles. The first-order chi connectivity index (χ1) is 10.4. The fourth-order valence-corrected chi connectivity index (χ4v) is 3.38. The molecule has 0 spiro atoms. The molecule has 22 heavy (non-hydrogen) atoms. The zero-order valence-electron chi connectivity index (χ0n) is 14.1. The van der Waals surface area contributed by atoms with Gasteiger partial charge in [-0.1, -0.05) is 20.8 Å². The van der Waals surface area contributed by atoms with Crippen molar-refractivity contribution in [1.29, 1.82) is 0 Å². The highest BCUT2D eigenvalue weighted by Gasteiger charge is 2.23. The van der Waals surface area contributed by atoms with E-state index >= 15 is 0 Å². The number of fused-ring (bicyclic) bond motifs is 1. The second-order valence-electron chi connectivity index (χ2n) is 7.42. The van der Waals surface area contributed by atoms with Crippen LogP contribution >= 0.6 is 0 Å². The van der Waals surface area contributed by atoms with Gasteiger partial charge in [0.15, 0.2) is 0 Å². The van der Waals surface area contributed by atoms with E-state index < -0.39 is 0 Å². The van der Waals surface area contributed by atoms with Crippen molar-refractivity contribution in [2.75, 3.05) is 6.54 Å². The molecule has 5 heteroatoms. The number of aryl methyl sites for hydroxylation is 2. The molecule has 2 aromatic rings. The van der Waals surface area contributed by atoms with Crippen LogP contribution in [0.5, 0.6) is 0 Å². The maximum atomic E-state index is 4.71. The van der Waals surface area contributed by atoms with Gasteiger partial charge >= 0.3 is 0 Å². The Labute approximate surface area is 132 Å². The zero-order chi connectivity index (χ0) is 15.7. The molecular weight excluding hydrogens is 274 g/mol. The van der Waals surface area contributed by atoms with Crippen molar-refractivity contribution in [3.63, 3.8) is 0 Å². The van der Waals surface area contributed by atoms with Gasteiger partial charge in [-0.2, -0.15) is 5.10 Å². The lowest BCUT2D eigenvalue weighted by molar-refractivity contribution is 0.422. The Morgan fingerprint density at radius 3 is 3.00 bits per heavy atom. The summed E-state index contributed by atoms with van der Waals surface area (Å²) < 4.78 is 2.32. The first kappa shape index (κ1) is 15.3. The Kier molecular flexibility index (Phi) is 4.08. The first-order valence-electron chi connectivity index (χ1n) is 8.22. The van der Waals surface area contributed by atoms with Gasteiger partial charge in [0, 0.05) is 48.4 Å². The molecule has 0 saturated carbocycles. The Morgan fingerprint density at radius 1 is 1.41 bits per heavy atom. The third-order valence-electron chi connectivity index (χ3n) is 4.42. The number of aromatic nitrogens is 4. The number of hydrogen-bond acceptors (Lipinski definition) is 3. The molecule has 120 valence electrons. The quantitative estimate of drug-likeness (QED) is 0.913. The monoisotopic (exact) mass is 301 g/mol. The van der Waals surface area contributed by atoms with E-state index in [-0.39, 0.29) is 5.41 Å². The summed E-state index contributed by atoms with van der Waals surface area (Å²) in [7, 11) is 0. The molecule has 0 saturated heterocycles. The molecule has 1 aliphatic rings. The molecule has 0 radical (unpaired) electrons. The molecule has 3 rings (SSSR count). The zero-order valence-corrected chi connectivity index (χ0v) is 14.1. The van der Waals surface area contributed by atoms with Crippen LogP contribution in [0.3, 0.4) is 0 Å². The van der Waals surface area contributed by atoms with Crippen LogP contribution in [0.2, 0.25) is 0 Å². The topological polar surface area (TPSA) is 58.5 Å². The van der Waals surface area contributed by atoms with Gasteiger partial charge in [-0.3, -0.25) is 5.10 Å². The van der Waals surface area contributed by atoms with E-state index in [2.05, 4.69) is 54.0 Å². The van der Waals surface area contributed by atoms with Gasteiger partial charge in [0.2, 0.25) is 0 Å². The lowest BCUT2D eigenvalue weighted by atomic mass is 9.89. The minimum absolute atomic E-state index is 0.103. The predicted molar refractivity (Wildman–Crippen MR) is 87.9 cm³/mol. The van der Waals surface area contributed by atoms with Crippen LogP contribution in [-0.4, -0.2) is 26.3 Å². The van der Waals surface area contributed by atoms with Crippen LogP contribution in [0, 0.1) is 6.92 Å². The summed E-state index contributed by atoms with van der Waals surface area (Å²) in [6, 6.07) is 0. The summed E-state index contributed by atoms with van der Waals surface area (Å²) in [4.78, 5) is 4.71. The molecule has 1 aliphatic heterocycles. The molecule has 1 atom stereocenters. The van der Waals surface area contributed by atoms with Crippen molar-refractivity contribution in [3.8, 4) is 0 Å². The third kappa shape index (κ3) is 3.09. The standard InChI is InChI=1S/C17H27N5/c1-12-11-22-7-5-6-13(16(22)20-12)8-18-9-14-10-19-21-15(14)17(2,3)4/h10-11,13,18H,5-9H2,1-4H3,(H,19,21)/t13-/m0/s1. The molecule has 0 unspecified atom stereocenters. The van der Waals surface area contributed by atoms with Crippen molar-refractivity contribution in [3.05, 3.63) is 35.2 Å². The van der Waals surface area contributed by atoms with Gasteiger partial charge in [0.05, 0.1) is 11.9 Å². The number of hydrogen-bond donors (Lipinski definition) is 2. The van der Waals surface area contributed by atoms with Gasteiger partial charge in [-0.15, -0.1) is 0 Å². The van der Waals surface area contributed by atoms with E-state index in [4.69, 9.17) is 4.98 Å². The Morgan fingerprint density at radius 2 is 2.23 bits per heavy atom. The number of nitrogens with zero attached hydrogens (tertiary/aromatic N) is 3. The van der Waals surface area contributed by atoms with E-state index in [0.717, 1.165) is 25.3 Å². The van der Waals surface area contributed by atoms with E-state index in [0.29, 0.717) is 5.92 Å². The largest absolute Gasteiger partial charge is 0.334 e. The summed E-state index contributed by atoms with van der Waals surface area (Å²) in [6.07, 6.45) is 6.59. The van der Waals surface area contributed by atoms with Crippen LogP contribution in [0.4, 0.5) is 0 Å². The minimum Gasteiger partial charge on any atom is -0.334 e. The lowest BCUT2D eigenvalue weighted by Crippen LogP contribution is -2.27. The van der Waals surface area contributed by atoms with Crippen molar-refractivity contribution < 1.29 is 0 Å². The smallest absolute Gasteiger partial charge is 0.113 e. The van der Waals surface area contributed by atoms with Crippen molar-refractivity contribution in [1.82, 2.24) is 25.1 Å². The second-order valence-corrected chi connectivity index (χ2v) is 7.42. The Balaban J connectivity index is 1.62. The van der Waals surface area contributed by atoms with E-state index in [9.17, 15) is 0 Å². The third-order valence-corrected chi connectivity index (χ3v) is 4.42. The van der Waals surface area contributed by atoms with Crippen LogP contribution in [0.1, 0.15) is 62.3 Å². The van der Waals surface area contributed by atoms with Gasteiger partial charge in [0.25, 0.3) is 0 Å². The van der Waals surface area contributed by atoms with E-state index in [1.54, 1.807) is 0 Å². The number of nitrogens with one attached hydrogen (secondary N) is 2. The average Bonchev–Trinajstić information content (AvgIpc) is 3.03. The maximum absolute atomic E-state index is 4.71. The van der Waals surface area contributed by atoms with E-state index in [1.807, 2.05) is 6.20 Å².